The summed E-state index contributed by atoms with van der Waals surface area (Å²) in [6.45, 7) is 1.77. The van der Waals surface area contributed by atoms with Crippen LogP contribution in [-0.4, -0.2) is 47.2 Å². The molecule has 3 rings (SSSR count). The number of carbonyl (C=O) groups excluding carboxylic acids is 3. The molecule has 0 bridgehead atoms. The third-order valence-electron chi connectivity index (χ3n) is 4.23. The van der Waals surface area contributed by atoms with Crippen molar-refractivity contribution in [2.45, 2.75) is 19.4 Å². The summed E-state index contributed by atoms with van der Waals surface area (Å²) >= 11 is 0. The first-order chi connectivity index (χ1) is 11.1. The van der Waals surface area contributed by atoms with Crippen LogP contribution < -0.4 is 5.32 Å². The number of fused-ring (bicyclic) bond motifs is 1. The van der Waals surface area contributed by atoms with Gasteiger partial charge in [0.2, 0.25) is 5.91 Å². The summed E-state index contributed by atoms with van der Waals surface area (Å²) in [6.07, 6.45) is 3.69. The highest BCUT2D eigenvalue weighted by atomic mass is 16.2. The van der Waals surface area contributed by atoms with Crippen LogP contribution >= 0.6 is 0 Å². The number of hydrogen-bond acceptors (Lipinski definition) is 3. The molecule has 0 unspecified atom stereocenters. The maximum Gasteiger partial charge on any atom is 0.292 e. The largest absolute Gasteiger partial charge is 0.352 e. The smallest absolute Gasteiger partial charge is 0.292 e. The van der Waals surface area contributed by atoms with Crippen molar-refractivity contribution in [1.29, 1.82) is 0 Å². The number of Topliss-reactive ketones (excluding diaryl/α,β-unsaturated/α-hetero) is 1. The van der Waals surface area contributed by atoms with Gasteiger partial charge < -0.3 is 14.8 Å². The number of para-hydroxylation sites is 1. The van der Waals surface area contributed by atoms with Crippen LogP contribution in [0.3, 0.4) is 0 Å². The molecule has 0 saturated carbocycles. The van der Waals surface area contributed by atoms with E-state index in [1.807, 2.05) is 23.1 Å². The van der Waals surface area contributed by atoms with E-state index >= 15 is 0 Å². The van der Waals surface area contributed by atoms with Crippen molar-refractivity contribution >= 4 is 28.5 Å². The average molecular weight is 313 g/mol. The first-order valence-corrected chi connectivity index (χ1v) is 7.74. The second-order valence-corrected chi connectivity index (χ2v) is 5.68. The first kappa shape index (κ1) is 15.3. The quantitative estimate of drug-likeness (QED) is 0.681. The van der Waals surface area contributed by atoms with Gasteiger partial charge in [0.05, 0.1) is 5.56 Å². The van der Waals surface area contributed by atoms with Crippen LogP contribution in [0, 0.1) is 0 Å². The van der Waals surface area contributed by atoms with Crippen molar-refractivity contribution in [2.75, 3.05) is 20.1 Å². The molecule has 0 aliphatic carbocycles. The molecule has 1 aliphatic heterocycles. The molecule has 1 N–H and O–H groups in total. The predicted molar refractivity (Wildman–Crippen MR) is 86.1 cm³/mol. The second kappa shape index (κ2) is 6.24. The third-order valence-corrected chi connectivity index (χ3v) is 4.23. The maximum atomic E-state index is 12.4. The standard InChI is InChI=1S/C17H19N3O3/c1-18-17(23)16(22)13-10-20(14-7-3-2-6-12(13)14)11-15(21)19-8-4-5-9-19/h2-3,6-7,10H,4-5,8-9,11H2,1H3,(H,18,23). The molecule has 23 heavy (non-hydrogen) atoms. The lowest BCUT2D eigenvalue weighted by atomic mass is 10.1. The molecule has 1 aromatic carbocycles. The van der Waals surface area contributed by atoms with E-state index in [1.54, 1.807) is 16.8 Å². The zero-order chi connectivity index (χ0) is 16.4. The summed E-state index contributed by atoms with van der Waals surface area (Å²) in [7, 11) is 1.43. The molecular formula is C17H19N3O3. The lowest BCUT2D eigenvalue weighted by molar-refractivity contribution is -0.130. The number of hydrogen-bond donors (Lipinski definition) is 1. The van der Waals surface area contributed by atoms with Gasteiger partial charge in [-0.3, -0.25) is 14.4 Å². The highest BCUT2D eigenvalue weighted by molar-refractivity contribution is 6.44. The lowest BCUT2D eigenvalue weighted by Gasteiger charge is -2.15. The Morgan fingerprint density at radius 2 is 1.83 bits per heavy atom. The lowest BCUT2D eigenvalue weighted by Crippen LogP contribution is -2.31. The maximum absolute atomic E-state index is 12.4. The molecule has 1 aliphatic rings. The Morgan fingerprint density at radius 1 is 1.13 bits per heavy atom. The highest BCUT2D eigenvalue weighted by Crippen LogP contribution is 2.22. The molecule has 2 heterocycles. The minimum Gasteiger partial charge on any atom is -0.352 e. The van der Waals surface area contributed by atoms with Gasteiger partial charge in [0.1, 0.15) is 6.54 Å². The van der Waals surface area contributed by atoms with Gasteiger partial charge in [-0.15, -0.1) is 0 Å². The van der Waals surface area contributed by atoms with E-state index in [1.165, 1.54) is 7.05 Å². The molecule has 2 aromatic rings. The molecule has 1 aromatic heterocycles. The molecule has 1 saturated heterocycles. The van der Waals surface area contributed by atoms with E-state index < -0.39 is 11.7 Å². The zero-order valence-corrected chi connectivity index (χ0v) is 13.0. The second-order valence-electron chi connectivity index (χ2n) is 5.68. The normalized spacial score (nSPS) is 14.2. The predicted octanol–water partition coefficient (Wildman–Crippen LogP) is 1.19. The Labute approximate surface area is 134 Å². The van der Waals surface area contributed by atoms with Crippen molar-refractivity contribution < 1.29 is 14.4 Å². The topological polar surface area (TPSA) is 71.4 Å². The monoisotopic (exact) mass is 313 g/mol. The fourth-order valence-electron chi connectivity index (χ4n) is 3.01. The van der Waals surface area contributed by atoms with Crippen LogP contribution in [0.5, 0.6) is 0 Å². The number of likely N-dealkylation sites (N-methyl/N-ethyl adjacent to an activating group) is 1. The van der Waals surface area contributed by atoms with Crippen molar-refractivity contribution in [2.24, 2.45) is 0 Å². The number of benzene rings is 1. The zero-order valence-electron chi connectivity index (χ0n) is 13.0. The number of nitrogens with one attached hydrogen (secondary N) is 1. The van der Waals surface area contributed by atoms with Crippen molar-refractivity contribution in [1.82, 2.24) is 14.8 Å². The van der Waals surface area contributed by atoms with Gasteiger partial charge in [-0.25, -0.2) is 0 Å². The van der Waals surface area contributed by atoms with E-state index in [9.17, 15) is 14.4 Å². The molecule has 0 spiro atoms. The minimum absolute atomic E-state index is 0.0437. The van der Waals surface area contributed by atoms with Crippen molar-refractivity contribution in [3.63, 3.8) is 0 Å². The van der Waals surface area contributed by atoms with Gasteiger partial charge in [0.15, 0.2) is 0 Å². The van der Waals surface area contributed by atoms with E-state index in [0.717, 1.165) is 31.4 Å². The Bertz CT molecular complexity index is 772. The molecule has 0 atom stereocenters. The molecule has 120 valence electrons. The SMILES string of the molecule is CNC(=O)C(=O)c1cn(CC(=O)N2CCCC2)c2ccccc12. The number of ketones is 1. The Hall–Kier alpha value is -2.63. The fraction of sp³-hybridized carbons (Fsp3) is 0.353. The van der Waals surface area contributed by atoms with E-state index in [0.29, 0.717) is 10.9 Å². The number of amides is 2. The summed E-state index contributed by atoms with van der Waals surface area (Å²) < 4.78 is 1.76. The van der Waals surface area contributed by atoms with Gasteiger partial charge >= 0.3 is 0 Å². The Morgan fingerprint density at radius 3 is 2.52 bits per heavy atom. The third kappa shape index (κ3) is 2.84. The van der Waals surface area contributed by atoms with Gasteiger partial charge in [-0.05, 0) is 18.9 Å². The summed E-state index contributed by atoms with van der Waals surface area (Å²) in [6, 6.07) is 7.32. The summed E-state index contributed by atoms with van der Waals surface area (Å²) in [5, 5.41) is 3.04. The van der Waals surface area contributed by atoms with Crippen molar-refractivity contribution in [3.05, 3.63) is 36.0 Å². The fourth-order valence-corrected chi connectivity index (χ4v) is 3.01. The van der Waals surface area contributed by atoms with Crippen LogP contribution in [0.4, 0.5) is 0 Å². The number of rotatable bonds is 4. The number of carbonyl (C=O) groups is 3. The molecule has 6 heteroatoms. The summed E-state index contributed by atoms with van der Waals surface area (Å²) in [5.74, 6) is -1.20. The van der Waals surface area contributed by atoms with Crippen LogP contribution in [-0.2, 0) is 16.1 Å². The average Bonchev–Trinajstić information content (AvgIpc) is 3.22. The van der Waals surface area contributed by atoms with Gasteiger partial charge in [-0.1, -0.05) is 18.2 Å². The van der Waals surface area contributed by atoms with Crippen LogP contribution in [0.25, 0.3) is 10.9 Å². The van der Waals surface area contributed by atoms with Gasteiger partial charge in [0.25, 0.3) is 11.7 Å². The molecule has 1 fully saturated rings. The van der Waals surface area contributed by atoms with Crippen molar-refractivity contribution in [3.8, 4) is 0 Å². The Kier molecular flexibility index (Phi) is 4.14. The molecule has 2 amide bonds. The molecule has 6 nitrogen and oxygen atoms in total. The molecule has 0 radical (unpaired) electrons. The van der Waals surface area contributed by atoms with Crippen LogP contribution in [0.2, 0.25) is 0 Å². The van der Waals surface area contributed by atoms with E-state index in [-0.39, 0.29) is 12.5 Å². The first-order valence-electron chi connectivity index (χ1n) is 7.74. The summed E-state index contributed by atoms with van der Waals surface area (Å²) in [5.41, 5.74) is 1.11. The van der Waals surface area contributed by atoms with Gasteiger partial charge in [-0.2, -0.15) is 0 Å². The van der Waals surface area contributed by atoms with E-state index in [2.05, 4.69) is 5.32 Å². The van der Waals surface area contributed by atoms with Gasteiger partial charge in [0, 0.05) is 37.2 Å². The number of likely N-dealkylation sites (tertiary alicyclic amines) is 1. The minimum atomic E-state index is -0.654. The highest BCUT2D eigenvalue weighted by Gasteiger charge is 2.23. The molecular weight excluding hydrogens is 294 g/mol. The number of nitrogens with zero attached hydrogens (tertiary/aromatic N) is 2. The number of aromatic nitrogens is 1. The Balaban J connectivity index is 1.96. The van der Waals surface area contributed by atoms with Crippen LogP contribution in [0.1, 0.15) is 23.2 Å². The van der Waals surface area contributed by atoms with E-state index in [4.69, 9.17) is 0 Å². The van der Waals surface area contributed by atoms with Crippen LogP contribution in [0.15, 0.2) is 30.5 Å². The summed E-state index contributed by atoms with van der Waals surface area (Å²) in [4.78, 5) is 38.1.